The molecule has 114 valence electrons. The molecule has 8 nitrogen and oxygen atoms in total. The lowest BCUT2D eigenvalue weighted by atomic mass is 10.2. The summed E-state index contributed by atoms with van der Waals surface area (Å²) in [5.74, 6) is 0.334. The minimum absolute atomic E-state index is 0.284. The lowest BCUT2D eigenvalue weighted by molar-refractivity contribution is -0.145. The van der Waals surface area contributed by atoms with Gasteiger partial charge in [-0.05, 0) is 22.0 Å². The number of hydrogen-bond acceptors (Lipinski definition) is 6. The summed E-state index contributed by atoms with van der Waals surface area (Å²) in [6.45, 7) is 1.21. The van der Waals surface area contributed by atoms with Gasteiger partial charge >= 0.3 is 5.97 Å². The highest BCUT2D eigenvalue weighted by atomic mass is 79.9. The molecule has 0 saturated carbocycles. The molecule has 1 aromatic carbocycles. The van der Waals surface area contributed by atoms with Crippen LogP contribution in [0.2, 0.25) is 0 Å². The molecule has 0 aliphatic heterocycles. The summed E-state index contributed by atoms with van der Waals surface area (Å²) in [7, 11) is 3.08. The van der Waals surface area contributed by atoms with Gasteiger partial charge in [0.05, 0.1) is 24.9 Å². The molecule has 0 atom stereocenters. The van der Waals surface area contributed by atoms with E-state index in [-0.39, 0.29) is 5.96 Å². The van der Waals surface area contributed by atoms with E-state index in [1.807, 2.05) is 0 Å². The molecule has 0 bridgehead atoms. The number of nitrogens with one attached hydrogen (secondary N) is 3. The van der Waals surface area contributed by atoms with Gasteiger partial charge in [-0.25, -0.2) is 5.43 Å². The molecule has 9 heteroatoms. The largest absolute Gasteiger partial charge is 0.496 e. The molecule has 0 aliphatic rings. The van der Waals surface area contributed by atoms with E-state index >= 15 is 0 Å². The molecule has 1 aromatic rings. The SMILES string of the molecule is COc1cc(OC)c(C=NNC(=N)NOC(C)=O)cc1Br. The maximum Gasteiger partial charge on any atom is 0.329 e. The molecule has 0 aliphatic carbocycles. The first kappa shape index (κ1) is 16.8. The van der Waals surface area contributed by atoms with Crippen LogP contribution < -0.4 is 20.4 Å². The number of guanidine groups is 1. The van der Waals surface area contributed by atoms with E-state index < -0.39 is 5.97 Å². The van der Waals surface area contributed by atoms with Crippen molar-refractivity contribution in [3.63, 3.8) is 0 Å². The Morgan fingerprint density at radius 1 is 1.33 bits per heavy atom. The first-order valence-corrected chi connectivity index (χ1v) is 6.49. The van der Waals surface area contributed by atoms with Gasteiger partial charge in [-0.15, -0.1) is 0 Å². The number of carbonyl (C=O) groups is 1. The molecule has 0 amide bonds. The van der Waals surface area contributed by atoms with Crippen molar-refractivity contribution >= 4 is 34.1 Å². The molecule has 1 rings (SSSR count). The number of halogens is 1. The van der Waals surface area contributed by atoms with Crippen LogP contribution in [0.5, 0.6) is 11.5 Å². The minimum Gasteiger partial charge on any atom is -0.496 e. The van der Waals surface area contributed by atoms with E-state index in [9.17, 15) is 4.79 Å². The van der Waals surface area contributed by atoms with Crippen LogP contribution in [-0.4, -0.2) is 32.4 Å². The summed E-state index contributed by atoms with van der Waals surface area (Å²) in [4.78, 5) is 14.9. The standard InChI is InChI=1S/C12H15BrN4O4/c1-7(18)21-17-12(14)16-15-6-8-4-9(13)11(20-3)5-10(8)19-2/h4-6H,1-3H3,(H3,14,16,17). The van der Waals surface area contributed by atoms with E-state index in [1.54, 1.807) is 19.2 Å². The van der Waals surface area contributed by atoms with Crippen LogP contribution in [0.15, 0.2) is 21.7 Å². The van der Waals surface area contributed by atoms with Crippen LogP contribution in [0.25, 0.3) is 0 Å². The Morgan fingerprint density at radius 2 is 2.00 bits per heavy atom. The molecule has 0 spiro atoms. The zero-order valence-electron chi connectivity index (χ0n) is 11.7. The fourth-order valence-corrected chi connectivity index (χ4v) is 1.82. The number of methoxy groups -OCH3 is 2. The van der Waals surface area contributed by atoms with Gasteiger partial charge < -0.3 is 14.3 Å². The third-order valence-corrected chi connectivity index (χ3v) is 2.80. The van der Waals surface area contributed by atoms with Crippen molar-refractivity contribution in [2.75, 3.05) is 14.2 Å². The molecule has 3 N–H and O–H groups in total. The predicted octanol–water partition coefficient (Wildman–Crippen LogP) is 1.39. The number of rotatable bonds is 4. The maximum absolute atomic E-state index is 10.5. The third-order valence-electron chi connectivity index (χ3n) is 2.18. The number of hydroxylamine groups is 1. The fraction of sp³-hybridized carbons (Fsp3) is 0.250. The molecule has 21 heavy (non-hydrogen) atoms. The Kier molecular flexibility index (Phi) is 6.47. The van der Waals surface area contributed by atoms with E-state index in [0.29, 0.717) is 17.1 Å². The van der Waals surface area contributed by atoms with Gasteiger partial charge in [0.2, 0.25) is 5.96 Å². The summed E-state index contributed by atoms with van der Waals surface area (Å²) in [6.07, 6.45) is 1.45. The number of nitrogens with zero attached hydrogens (tertiary/aromatic N) is 1. The van der Waals surface area contributed by atoms with Crippen LogP contribution in [0.4, 0.5) is 0 Å². The predicted molar refractivity (Wildman–Crippen MR) is 80.6 cm³/mol. The van der Waals surface area contributed by atoms with Crippen LogP contribution in [0.3, 0.4) is 0 Å². The number of hydrogen-bond donors (Lipinski definition) is 3. The highest BCUT2D eigenvalue weighted by Gasteiger charge is 2.08. The second-order valence-corrected chi connectivity index (χ2v) is 4.52. The monoisotopic (exact) mass is 358 g/mol. The Labute approximate surface area is 130 Å². The summed E-state index contributed by atoms with van der Waals surface area (Å²) in [5.41, 5.74) is 5.09. The molecule has 0 radical (unpaired) electrons. The number of benzene rings is 1. The third kappa shape index (κ3) is 5.30. The highest BCUT2D eigenvalue weighted by molar-refractivity contribution is 9.10. The van der Waals surface area contributed by atoms with Gasteiger partial charge in [0, 0.05) is 18.6 Å². The lowest BCUT2D eigenvalue weighted by Crippen LogP contribution is -2.34. The molecule has 0 fully saturated rings. The highest BCUT2D eigenvalue weighted by Crippen LogP contribution is 2.31. The zero-order chi connectivity index (χ0) is 15.8. The van der Waals surface area contributed by atoms with E-state index in [4.69, 9.17) is 14.9 Å². The van der Waals surface area contributed by atoms with Crippen LogP contribution in [-0.2, 0) is 9.63 Å². The average Bonchev–Trinajstić information content (AvgIpc) is 2.45. The van der Waals surface area contributed by atoms with Crippen molar-refractivity contribution in [2.45, 2.75) is 6.92 Å². The Balaban J connectivity index is 2.73. The van der Waals surface area contributed by atoms with Gasteiger partial charge in [-0.2, -0.15) is 10.6 Å². The lowest BCUT2D eigenvalue weighted by Gasteiger charge is -2.09. The van der Waals surface area contributed by atoms with Crippen LogP contribution >= 0.6 is 15.9 Å². The first-order chi connectivity index (χ1) is 9.97. The summed E-state index contributed by atoms with van der Waals surface area (Å²) < 4.78 is 11.1. The first-order valence-electron chi connectivity index (χ1n) is 5.70. The zero-order valence-corrected chi connectivity index (χ0v) is 13.3. The van der Waals surface area contributed by atoms with Crippen molar-refractivity contribution in [3.05, 3.63) is 22.2 Å². The summed E-state index contributed by atoms with van der Waals surface area (Å²) >= 11 is 3.36. The molecule has 0 unspecified atom stereocenters. The smallest absolute Gasteiger partial charge is 0.329 e. The number of hydrazone groups is 1. The number of ether oxygens (including phenoxy) is 2. The van der Waals surface area contributed by atoms with E-state index in [0.717, 1.165) is 4.47 Å². The van der Waals surface area contributed by atoms with Crippen LogP contribution in [0, 0.1) is 5.41 Å². The average molecular weight is 359 g/mol. The summed E-state index contributed by atoms with van der Waals surface area (Å²) in [5, 5.41) is 11.2. The molecular weight excluding hydrogens is 344 g/mol. The van der Waals surface area contributed by atoms with Gasteiger partial charge in [0.25, 0.3) is 0 Å². The van der Waals surface area contributed by atoms with Crippen LogP contribution in [0.1, 0.15) is 12.5 Å². The van der Waals surface area contributed by atoms with Gasteiger partial charge in [-0.1, -0.05) is 0 Å². The Bertz CT molecular complexity index is 562. The van der Waals surface area contributed by atoms with E-state index in [1.165, 1.54) is 20.2 Å². The van der Waals surface area contributed by atoms with Crippen molar-refractivity contribution in [2.24, 2.45) is 5.10 Å². The summed E-state index contributed by atoms with van der Waals surface area (Å²) in [6, 6.07) is 3.46. The van der Waals surface area contributed by atoms with E-state index in [2.05, 4.69) is 36.8 Å². The second kappa shape index (κ2) is 8.10. The molecule has 0 aromatic heterocycles. The normalized spacial score (nSPS) is 10.1. The molecule has 0 saturated heterocycles. The fourth-order valence-electron chi connectivity index (χ4n) is 1.30. The Morgan fingerprint density at radius 3 is 2.57 bits per heavy atom. The topological polar surface area (TPSA) is 105 Å². The van der Waals surface area contributed by atoms with Crippen molar-refractivity contribution in [1.82, 2.24) is 10.9 Å². The van der Waals surface area contributed by atoms with Crippen molar-refractivity contribution < 1.29 is 19.1 Å². The molecule has 0 heterocycles. The molecular formula is C12H15BrN4O4. The Hall–Kier alpha value is -2.29. The van der Waals surface area contributed by atoms with Gasteiger partial charge in [0.15, 0.2) is 0 Å². The van der Waals surface area contributed by atoms with Crippen molar-refractivity contribution in [3.8, 4) is 11.5 Å². The van der Waals surface area contributed by atoms with Gasteiger partial charge in [-0.3, -0.25) is 10.2 Å². The number of carbonyl (C=O) groups excluding carboxylic acids is 1. The maximum atomic E-state index is 10.5. The van der Waals surface area contributed by atoms with Crippen molar-refractivity contribution in [1.29, 1.82) is 5.41 Å². The minimum atomic E-state index is -0.564. The van der Waals surface area contributed by atoms with Gasteiger partial charge in [0.1, 0.15) is 11.5 Å². The quantitative estimate of drug-likeness (QED) is 0.426. The second-order valence-electron chi connectivity index (χ2n) is 3.67.